The zero-order valence-corrected chi connectivity index (χ0v) is 16.0. The number of sulfone groups is 1. The van der Waals surface area contributed by atoms with Gasteiger partial charge in [0.05, 0.1) is 37.5 Å². The zero-order chi connectivity index (χ0) is 18.3. The minimum absolute atomic E-state index is 0.00482. The standard InChI is InChI=1S/C18H15ClN2O3S2/c19-17-6-5-16(25-17)15-9-13(12-3-1-2-4-14(12)21-15)18(22)20-11-7-8-26(23,24)10-11/h1-6,9,11H,7-8,10H2,(H,20,22). The summed E-state index contributed by atoms with van der Waals surface area (Å²) in [4.78, 5) is 18.4. The second kappa shape index (κ2) is 6.64. The minimum Gasteiger partial charge on any atom is -0.348 e. The third-order valence-corrected chi connectivity index (χ3v) is 7.38. The molecule has 1 amide bonds. The number of halogens is 1. The lowest BCUT2D eigenvalue weighted by Gasteiger charge is -2.13. The molecule has 8 heteroatoms. The summed E-state index contributed by atoms with van der Waals surface area (Å²) >= 11 is 7.42. The number of carbonyl (C=O) groups excluding carboxylic acids is 1. The van der Waals surface area contributed by atoms with Gasteiger partial charge in [-0.15, -0.1) is 11.3 Å². The van der Waals surface area contributed by atoms with E-state index in [2.05, 4.69) is 10.3 Å². The van der Waals surface area contributed by atoms with Crippen molar-refractivity contribution in [2.75, 3.05) is 11.5 Å². The van der Waals surface area contributed by atoms with Crippen molar-refractivity contribution in [2.45, 2.75) is 12.5 Å². The lowest BCUT2D eigenvalue weighted by molar-refractivity contribution is 0.0943. The second-order valence-corrected chi connectivity index (χ2v) is 10.2. The highest BCUT2D eigenvalue weighted by atomic mass is 35.5. The zero-order valence-electron chi connectivity index (χ0n) is 13.6. The number of thiophene rings is 1. The quantitative estimate of drug-likeness (QED) is 0.721. The molecule has 4 rings (SSSR count). The fourth-order valence-corrected chi connectivity index (χ4v) is 5.79. The van der Waals surface area contributed by atoms with E-state index in [0.29, 0.717) is 27.5 Å². The number of nitrogens with one attached hydrogen (secondary N) is 1. The first kappa shape index (κ1) is 17.5. The van der Waals surface area contributed by atoms with Crippen LogP contribution < -0.4 is 5.32 Å². The van der Waals surface area contributed by atoms with Crippen LogP contribution in [0.3, 0.4) is 0 Å². The molecule has 1 aromatic carbocycles. The normalized spacial score (nSPS) is 18.9. The molecular weight excluding hydrogens is 392 g/mol. The monoisotopic (exact) mass is 406 g/mol. The maximum atomic E-state index is 12.9. The SMILES string of the molecule is O=C(NC1CCS(=O)(=O)C1)c1cc(-c2ccc(Cl)s2)nc2ccccc12. The molecule has 1 fully saturated rings. The fraction of sp³-hybridized carbons (Fsp3) is 0.222. The van der Waals surface area contributed by atoms with Crippen LogP contribution in [0, 0.1) is 0 Å². The van der Waals surface area contributed by atoms with Gasteiger partial charge in [-0.05, 0) is 30.7 Å². The molecule has 5 nitrogen and oxygen atoms in total. The van der Waals surface area contributed by atoms with Crippen LogP contribution in [0.5, 0.6) is 0 Å². The van der Waals surface area contributed by atoms with Gasteiger partial charge in [0.2, 0.25) is 0 Å². The Morgan fingerprint density at radius 2 is 2.04 bits per heavy atom. The molecule has 1 unspecified atom stereocenters. The Labute approximate surface area is 159 Å². The van der Waals surface area contributed by atoms with Crippen molar-refractivity contribution in [3.05, 3.63) is 52.4 Å². The molecule has 134 valence electrons. The van der Waals surface area contributed by atoms with Crippen LogP contribution in [0.25, 0.3) is 21.5 Å². The highest BCUT2D eigenvalue weighted by molar-refractivity contribution is 7.91. The molecule has 1 atom stereocenters. The second-order valence-electron chi connectivity index (χ2n) is 6.25. The van der Waals surface area contributed by atoms with Crippen molar-refractivity contribution in [1.29, 1.82) is 0 Å². The maximum absolute atomic E-state index is 12.9. The summed E-state index contributed by atoms with van der Waals surface area (Å²) in [7, 11) is -3.05. The number of aromatic nitrogens is 1. The van der Waals surface area contributed by atoms with Gasteiger partial charge in [0.1, 0.15) is 0 Å². The predicted molar refractivity (Wildman–Crippen MR) is 105 cm³/mol. The molecule has 0 radical (unpaired) electrons. The molecule has 26 heavy (non-hydrogen) atoms. The minimum atomic E-state index is -3.05. The lowest BCUT2D eigenvalue weighted by Crippen LogP contribution is -2.35. The summed E-state index contributed by atoms with van der Waals surface area (Å²) in [5.41, 5.74) is 1.86. The first-order valence-electron chi connectivity index (χ1n) is 8.08. The van der Waals surface area contributed by atoms with E-state index in [-0.39, 0.29) is 23.5 Å². The van der Waals surface area contributed by atoms with E-state index in [1.807, 2.05) is 30.3 Å². The van der Waals surface area contributed by atoms with Crippen molar-refractivity contribution < 1.29 is 13.2 Å². The van der Waals surface area contributed by atoms with Crippen LogP contribution in [0.4, 0.5) is 0 Å². The molecule has 1 aliphatic heterocycles. The van der Waals surface area contributed by atoms with Gasteiger partial charge in [-0.3, -0.25) is 4.79 Å². The molecular formula is C18H15ClN2O3S2. The average molecular weight is 407 g/mol. The summed E-state index contributed by atoms with van der Waals surface area (Å²) in [6.07, 6.45) is 0.449. The van der Waals surface area contributed by atoms with Gasteiger partial charge in [0.25, 0.3) is 5.91 Å². The maximum Gasteiger partial charge on any atom is 0.252 e. The van der Waals surface area contributed by atoms with Crippen LogP contribution in [0.15, 0.2) is 42.5 Å². The third kappa shape index (κ3) is 3.47. The predicted octanol–water partition coefficient (Wildman–Crippen LogP) is 3.53. The Kier molecular flexibility index (Phi) is 4.46. The van der Waals surface area contributed by atoms with Crippen LogP contribution >= 0.6 is 22.9 Å². The molecule has 0 aliphatic carbocycles. The number of pyridine rings is 1. The third-order valence-electron chi connectivity index (χ3n) is 4.35. The number of rotatable bonds is 3. The number of fused-ring (bicyclic) bond motifs is 1. The Bertz CT molecular complexity index is 1110. The van der Waals surface area contributed by atoms with Gasteiger partial charge in [-0.1, -0.05) is 29.8 Å². The van der Waals surface area contributed by atoms with Crippen molar-refractivity contribution in [1.82, 2.24) is 10.3 Å². The molecule has 1 N–H and O–H groups in total. The smallest absolute Gasteiger partial charge is 0.252 e. The van der Waals surface area contributed by atoms with E-state index < -0.39 is 9.84 Å². The fourth-order valence-electron chi connectivity index (χ4n) is 3.11. The number of hydrogen-bond donors (Lipinski definition) is 1. The molecule has 0 saturated carbocycles. The van der Waals surface area contributed by atoms with E-state index >= 15 is 0 Å². The van der Waals surface area contributed by atoms with Gasteiger partial charge in [-0.2, -0.15) is 0 Å². The van der Waals surface area contributed by atoms with Gasteiger partial charge in [0.15, 0.2) is 9.84 Å². The number of nitrogens with zero attached hydrogens (tertiary/aromatic N) is 1. The first-order chi connectivity index (χ1) is 12.4. The van der Waals surface area contributed by atoms with E-state index in [4.69, 9.17) is 11.6 Å². The summed E-state index contributed by atoms with van der Waals surface area (Å²) in [5.74, 6) is -0.169. The van der Waals surface area contributed by atoms with Gasteiger partial charge in [0, 0.05) is 11.4 Å². The van der Waals surface area contributed by atoms with Crippen molar-refractivity contribution in [3.63, 3.8) is 0 Å². The Balaban J connectivity index is 1.74. The van der Waals surface area contributed by atoms with E-state index in [0.717, 1.165) is 10.3 Å². The van der Waals surface area contributed by atoms with E-state index in [1.165, 1.54) is 11.3 Å². The van der Waals surface area contributed by atoms with Crippen molar-refractivity contribution >= 4 is 49.6 Å². The number of carbonyl (C=O) groups is 1. The van der Waals surface area contributed by atoms with Gasteiger partial charge < -0.3 is 5.32 Å². The highest BCUT2D eigenvalue weighted by Gasteiger charge is 2.29. The summed E-state index contributed by atoms with van der Waals surface area (Å²) in [6, 6.07) is 12.5. The van der Waals surface area contributed by atoms with Crippen molar-refractivity contribution in [3.8, 4) is 10.6 Å². The number of hydrogen-bond acceptors (Lipinski definition) is 5. The Morgan fingerprint density at radius 1 is 1.23 bits per heavy atom. The first-order valence-corrected chi connectivity index (χ1v) is 11.1. The van der Waals surface area contributed by atoms with E-state index in [1.54, 1.807) is 12.1 Å². The van der Waals surface area contributed by atoms with Crippen LogP contribution in [-0.4, -0.2) is 36.9 Å². The molecule has 0 spiro atoms. The number of para-hydroxylation sites is 1. The molecule has 3 aromatic rings. The Morgan fingerprint density at radius 3 is 2.73 bits per heavy atom. The topological polar surface area (TPSA) is 76.1 Å². The molecule has 0 bridgehead atoms. The summed E-state index contributed by atoms with van der Waals surface area (Å²) in [5, 5.41) is 3.59. The molecule has 3 heterocycles. The highest BCUT2D eigenvalue weighted by Crippen LogP contribution is 2.32. The largest absolute Gasteiger partial charge is 0.348 e. The van der Waals surface area contributed by atoms with Crippen LogP contribution in [0.2, 0.25) is 4.34 Å². The lowest BCUT2D eigenvalue weighted by atomic mass is 10.1. The number of benzene rings is 1. The van der Waals surface area contributed by atoms with Crippen LogP contribution in [0.1, 0.15) is 16.8 Å². The van der Waals surface area contributed by atoms with E-state index in [9.17, 15) is 13.2 Å². The van der Waals surface area contributed by atoms with Crippen LogP contribution in [-0.2, 0) is 9.84 Å². The number of amides is 1. The summed E-state index contributed by atoms with van der Waals surface area (Å²) < 4.78 is 23.9. The van der Waals surface area contributed by atoms with Gasteiger partial charge >= 0.3 is 0 Å². The molecule has 1 aliphatic rings. The molecule has 2 aromatic heterocycles. The average Bonchev–Trinajstić information content (AvgIpc) is 3.19. The summed E-state index contributed by atoms with van der Waals surface area (Å²) in [6.45, 7) is 0. The molecule has 1 saturated heterocycles. The van der Waals surface area contributed by atoms with Crippen molar-refractivity contribution in [2.24, 2.45) is 0 Å². The Hall–Kier alpha value is -1.96. The van der Waals surface area contributed by atoms with Gasteiger partial charge in [-0.25, -0.2) is 13.4 Å².